The van der Waals surface area contributed by atoms with E-state index < -0.39 is 5.97 Å². The first-order valence-electron chi connectivity index (χ1n) is 3.99. The number of carboxylic acids is 1. The SMILES string of the molecule is O=C(O)c1ccc2ccccc2c1.[Pb]. The molecule has 2 aromatic rings. The summed E-state index contributed by atoms with van der Waals surface area (Å²) in [6.07, 6.45) is 0. The van der Waals surface area contributed by atoms with Crippen LogP contribution >= 0.6 is 0 Å². The summed E-state index contributed by atoms with van der Waals surface area (Å²) in [4.78, 5) is 10.6. The van der Waals surface area contributed by atoms with Crippen molar-refractivity contribution >= 4 is 44.0 Å². The van der Waals surface area contributed by atoms with Crippen LogP contribution in [0.25, 0.3) is 10.8 Å². The van der Waals surface area contributed by atoms with Gasteiger partial charge in [0.05, 0.1) is 5.56 Å². The zero-order valence-electron chi connectivity index (χ0n) is 7.40. The fourth-order valence-electron chi connectivity index (χ4n) is 1.32. The van der Waals surface area contributed by atoms with E-state index in [0.29, 0.717) is 5.56 Å². The van der Waals surface area contributed by atoms with E-state index in [1.165, 1.54) is 0 Å². The van der Waals surface area contributed by atoms with Gasteiger partial charge in [0.1, 0.15) is 0 Å². The van der Waals surface area contributed by atoms with Crippen molar-refractivity contribution in [3.05, 3.63) is 48.0 Å². The van der Waals surface area contributed by atoms with Gasteiger partial charge in [-0.25, -0.2) is 4.79 Å². The van der Waals surface area contributed by atoms with Crippen molar-refractivity contribution in [3.8, 4) is 0 Å². The molecule has 3 heteroatoms. The molecule has 0 bridgehead atoms. The van der Waals surface area contributed by atoms with Gasteiger partial charge >= 0.3 is 5.97 Å². The number of hydrogen-bond donors (Lipinski definition) is 1. The average molecular weight is 379 g/mol. The van der Waals surface area contributed by atoms with Crippen molar-refractivity contribution in [3.63, 3.8) is 0 Å². The minimum atomic E-state index is -0.884. The van der Waals surface area contributed by atoms with Gasteiger partial charge in [-0.2, -0.15) is 0 Å². The predicted octanol–water partition coefficient (Wildman–Crippen LogP) is 2.16. The standard InChI is InChI=1S/C11H8O2.Pb/c12-11(13)10-6-5-8-3-1-2-4-9(8)7-10;/h1-7H,(H,12,13);. The van der Waals surface area contributed by atoms with Crippen molar-refractivity contribution in [1.82, 2.24) is 0 Å². The second-order valence-electron chi connectivity index (χ2n) is 2.87. The molecule has 1 N–H and O–H groups in total. The molecule has 0 atom stereocenters. The van der Waals surface area contributed by atoms with Gasteiger partial charge in [-0.3, -0.25) is 0 Å². The molecular weight excluding hydrogens is 371 g/mol. The molecule has 0 heterocycles. The number of hydrogen-bond acceptors (Lipinski definition) is 1. The quantitative estimate of drug-likeness (QED) is 0.771. The van der Waals surface area contributed by atoms with Gasteiger partial charge in [0.15, 0.2) is 0 Å². The van der Waals surface area contributed by atoms with Crippen LogP contribution in [0, 0.1) is 0 Å². The molecule has 0 aromatic heterocycles. The van der Waals surface area contributed by atoms with Crippen molar-refractivity contribution in [2.24, 2.45) is 0 Å². The Balaban J connectivity index is 0.000000980. The van der Waals surface area contributed by atoms with Crippen LogP contribution in [-0.4, -0.2) is 38.4 Å². The topological polar surface area (TPSA) is 37.3 Å². The molecule has 4 radical (unpaired) electrons. The van der Waals surface area contributed by atoms with Crippen LogP contribution < -0.4 is 0 Å². The molecule has 0 saturated carbocycles. The Labute approximate surface area is 102 Å². The van der Waals surface area contributed by atoms with Crippen molar-refractivity contribution < 1.29 is 9.90 Å². The maximum absolute atomic E-state index is 10.6. The van der Waals surface area contributed by atoms with Gasteiger partial charge in [0.25, 0.3) is 0 Å². The molecular formula is C11H8O2Pb. The van der Waals surface area contributed by atoms with E-state index in [2.05, 4.69) is 0 Å². The molecule has 2 aromatic carbocycles. The van der Waals surface area contributed by atoms with Crippen LogP contribution in [0.5, 0.6) is 0 Å². The summed E-state index contributed by atoms with van der Waals surface area (Å²) in [5, 5.41) is 10.8. The van der Waals surface area contributed by atoms with E-state index in [4.69, 9.17) is 5.11 Å². The van der Waals surface area contributed by atoms with E-state index in [1.807, 2.05) is 30.3 Å². The normalized spacial score (nSPS) is 9.43. The molecule has 0 aliphatic rings. The molecule has 0 unspecified atom stereocenters. The maximum Gasteiger partial charge on any atom is 0.335 e. The summed E-state index contributed by atoms with van der Waals surface area (Å²) in [5.41, 5.74) is 0.332. The molecule has 0 aliphatic carbocycles. The molecule has 14 heavy (non-hydrogen) atoms. The molecule has 0 spiro atoms. The molecule has 0 amide bonds. The van der Waals surface area contributed by atoms with Gasteiger partial charge in [0.2, 0.25) is 0 Å². The molecule has 0 saturated heterocycles. The Bertz CT molecular complexity index is 466. The zero-order chi connectivity index (χ0) is 9.26. The first kappa shape index (κ1) is 11.2. The van der Waals surface area contributed by atoms with E-state index >= 15 is 0 Å². The van der Waals surface area contributed by atoms with Crippen LogP contribution in [0.3, 0.4) is 0 Å². The zero-order valence-corrected chi connectivity index (χ0v) is 11.3. The molecule has 0 fully saturated rings. The number of rotatable bonds is 1. The van der Waals surface area contributed by atoms with Crippen molar-refractivity contribution in [2.45, 2.75) is 0 Å². The minimum Gasteiger partial charge on any atom is -0.478 e. The fourth-order valence-corrected chi connectivity index (χ4v) is 1.32. The second-order valence-corrected chi connectivity index (χ2v) is 2.87. The third-order valence-corrected chi connectivity index (χ3v) is 2.00. The Kier molecular flexibility index (Phi) is 3.63. The summed E-state index contributed by atoms with van der Waals surface area (Å²) in [6, 6.07) is 12.8. The molecule has 2 nitrogen and oxygen atoms in total. The Hall–Kier alpha value is -0.908. The van der Waals surface area contributed by atoms with Crippen LogP contribution in [-0.2, 0) is 0 Å². The number of aromatic carboxylic acids is 1. The summed E-state index contributed by atoms with van der Waals surface area (Å²) in [6.45, 7) is 0. The minimum absolute atomic E-state index is 0. The smallest absolute Gasteiger partial charge is 0.335 e. The average Bonchev–Trinajstić information content (AvgIpc) is 2.17. The van der Waals surface area contributed by atoms with Crippen molar-refractivity contribution in [1.29, 1.82) is 0 Å². The summed E-state index contributed by atoms with van der Waals surface area (Å²) < 4.78 is 0. The van der Waals surface area contributed by atoms with Gasteiger partial charge in [0, 0.05) is 27.3 Å². The van der Waals surface area contributed by atoms with Crippen LogP contribution in [0.15, 0.2) is 42.5 Å². The summed E-state index contributed by atoms with van der Waals surface area (Å²) in [7, 11) is 0. The Morgan fingerprint density at radius 2 is 1.64 bits per heavy atom. The van der Waals surface area contributed by atoms with Crippen LogP contribution in [0.2, 0.25) is 0 Å². The fraction of sp³-hybridized carbons (Fsp3) is 0. The molecule has 2 rings (SSSR count). The van der Waals surface area contributed by atoms with Gasteiger partial charge in [-0.1, -0.05) is 30.3 Å². The third-order valence-electron chi connectivity index (χ3n) is 2.00. The third kappa shape index (κ3) is 2.12. The maximum atomic E-state index is 10.6. The Morgan fingerprint density at radius 1 is 1.00 bits per heavy atom. The number of carbonyl (C=O) groups is 1. The monoisotopic (exact) mass is 380 g/mol. The van der Waals surface area contributed by atoms with E-state index in [1.54, 1.807) is 12.1 Å². The van der Waals surface area contributed by atoms with Crippen molar-refractivity contribution in [2.75, 3.05) is 0 Å². The molecule has 0 aliphatic heterocycles. The molecule has 68 valence electrons. The first-order valence-corrected chi connectivity index (χ1v) is 3.99. The summed E-state index contributed by atoms with van der Waals surface area (Å²) in [5.74, 6) is -0.884. The second kappa shape index (κ2) is 4.55. The van der Waals surface area contributed by atoms with Crippen LogP contribution in [0.4, 0.5) is 0 Å². The van der Waals surface area contributed by atoms with Crippen LogP contribution in [0.1, 0.15) is 10.4 Å². The Morgan fingerprint density at radius 3 is 2.29 bits per heavy atom. The number of carboxylic acid groups (broad SMARTS) is 1. The first-order chi connectivity index (χ1) is 6.27. The van der Waals surface area contributed by atoms with Gasteiger partial charge in [-0.05, 0) is 22.9 Å². The predicted molar refractivity (Wildman–Crippen MR) is 56.7 cm³/mol. The van der Waals surface area contributed by atoms with E-state index in [-0.39, 0.29) is 27.3 Å². The van der Waals surface area contributed by atoms with Gasteiger partial charge in [-0.15, -0.1) is 0 Å². The van der Waals surface area contributed by atoms with Gasteiger partial charge < -0.3 is 5.11 Å². The van der Waals surface area contributed by atoms with E-state index in [0.717, 1.165) is 10.8 Å². The van der Waals surface area contributed by atoms with E-state index in [9.17, 15) is 4.79 Å². The largest absolute Gasteiger partial charge is 0.478 e. The summed E-state index contributed by atoms with van der Waals surface area (Å²) >= 11 is 0. The number of fused-ring (bicyclic) bond motifs is 1. The number of benzene rings is 2.